The van der Waals surface area contributed by atoms with E-state index in [1.165, 1.54) is 16.9 Å². The number of nitrogens with zero attached hydrogens (tertiary/aromatic N) is 1. The summed E-state index contributed by atoms with van der Waals surface area (Å²) in [5.41, 5.74) is 1.78. The van der Waals surface area contributed by atoms with Gasteiger partial charge in [0.2, 0.25) is 5.91 Å². The molecule has 25 heavy (non-hydrogen) atoms. The number of fused-ring (bicyclic) bond motifs is 1. The van der Waals surface area contributed by atoms with E-state index >= 15 is 0 Å². The van der Waals surface area contributed by atoms with Gasteiger partial charge in [0.05, 0.1) is 4.34 Å². The normalized spacial score (nSPS) is 18.6. The van der Waals surface area contributed by atoms with Crippen LogP contribution in [-0.2, 0) is 17.6 Å². The van der Waals surface area contributed by atoms with Crippen molar-refractivity contribution in [2.75, 3.05) is 13.1 Å². The Labute approximate surface area is 156 Å². The molecule has 0 N–H and O–H groups in total. The molecule has 0 radical (unpaired) electrons. The number of aryl methyl sites for hydroxylation is 1. The second-order valence-electron chi connectivity index (χ2n) is 7.03. The molecular formula is C20H20ClNO2S. The molecule has 2 aromatic rings. The van der Waals surface area contributed by atoms with Crippen molar-refractivity contribution in [2.45, 2.75) is 32.1 Å². The summed E-state index contributed by atoms with van der Waals surface area (Å²) >= 11 is 7.47. The predicted molar refractivity (Wildman–Crippen MR) is 100 cm³/mol. The standard InChI is InChI=1S/C20H20ClNO2S/c21-17-7-5-15(25-17)6-8-18(23)22-11-9-20(10-12-22)13-14-3-1-2-4-16(14)19(20)24/h1-5,7H,6,8-13H2. The molecule has 0 saturated carbocycles. The number of thiophene rings is 1. The largest absolute Gasteiger partial charge is 0.343 e. The third kappa shape index (κ3) is 3.13. The van der Waals surface area contributed by atoms with E-state index in [9.17, 15) is 9.59 Å². The van der Waals surface area contributed by atoms with Crippen molar-refractivity contribution in [2.24, 2.45) is 5.41 Å². The number of rotatable bonds is 3. The Balaban J connectivity index is 1.36. The second-order valence-corrected chi connectivity index (χ2v) is 8.83. The Hall–Kier alpha value is -1.65. The van der Waals surface area contributed by atoms with Gasteiger partial charge in [0.1, 0.15) is 0 Å². The lowest BCUT2D eigenvalue weighted by molar-refractivity contribution is -0.133. The number of amides is 1. The number of likely N-dealkylation sites (tertiary alicyclic amines) is 1. The molecule has 1 aromatic carbocycles. The number of Topliss-reactive ketones (excluding diaryl/α,β-unsaturated/α-hetero) is 1. The average molecular weight is 374 g/mol. The summed E-state index contributed by atoms with van der Waals surface area (Å²) in [6.45, 7) is 1.37. The van der Waals surface area contributed by atoms with Gasteiger partial charge in [-0.3, -0.25) is 9.59 Å². The van der Waals surface area contributed by atoms with E-state index in [1.807, 2.05) is 35.2 Å². The Morgan fingerprint density at radius 2 is 1.92 bits per heavy atom. The van der Waals surface area contributed by atoms with E-state index in [1.54, 1.807) is 0 Å². The van der Waals surface area contributed by atoms with Crippen LogP contribution in [0.1, 0.15) is 40.1 Å². The quantitative estimate of drug-likeness (QED) is 0.800. The summed E-state index contributed by atoms with van der Waals surface area (Å²) in [4.78, 5) is 28.4. The molecular weight excluding hydrogens is 354 g/mol. The van der Waals surface area contributed by atoms with Crippen LogP contribution in [0, 0.1) is 5.41 Å². The zero-order valence-corrected chi connectivity index (χ0v) is 15.5. The molecule has 130 valence electrons. The lowest BCUT2D eigenvalue weighted by Gasteiger charge is -2.38. The summed E-state index contributed by atoms with van der Waals surface area (Å²) in [5.74, 6) is 0.464. The first-order chi connectivity index (χ1) is 12.1. The minimum absolute atomic E-state index is 0.183. The van der Waals surface area contributed by atoms with Gasteiger partial charge in [0.15, 0.2) is 5.78 Å². The van der Waals surface area contributed by atoms with Crippen LogP contribution in [0.2, 0.25) is 4.34 Å². The summed E-state index contributed by atoms with van der Waals surface area (Å²) < 4.78 is 0.765. The molecule has 0 atom stereocenters. The van der Waals surface area contributed by atoms with E-state index in [-0.39, 0.29) is 17.1 Å². The van der Waals surface area contributed by atoms with Crippen LogP contribution in [-0.4, -0.2) is 29.7 Å². The Kier molecular flexibility index (Phi) is 4.42. The van der Waals surface area contributed by atoms with Gasteiger partial charge >= 0.3 is 0 Å². The molecule has 1 saturated heterocycles. The van der Waals surface area contributed by atoms with Gasteiger partial charge in [0, 0.05) is 35.4 Å². The van der Waals surface area contributed by atoms with Gasteiger partial charge in [-0.05, 0) is 43.4 Å². The van der Waals surface area contributed by atoms with Crippen molar-refractivity contribution in [1.29, 1.82) is 0 Å². The maximum Gasteiger partial charge on any atom is 0.222 e. The Bertz CT molecular complexity index is 821. The van der Waals surface area contributed by atoms with Gasteiger partial charge in [-0.1, -0.05) is 35.9 Å². The molecule has 1 spiro atoms. The molecule has 1 aliphatic carbocycles. The van der Waals surface area contributed by atoms with Gasteiger partial charge in [-0.25, -0.2) is 0 Å². The second kappa shape index (κ2) is 6.58. The first-order valence-corrected chi connectivity index (χ1v) is 9.92. The maximum absolute atomic E-state index is 12.8. The highest BCUT2D eigenvalue weighted by Crippen LogP contribution is 2.44. The smallest absolute Gasteiger partial charge is 0.222 e. The summed E-state index contributed by atoms with van der Waals surface area (Å²) in [7, 11) is 0. The Morgan fingerprint density at radius 1 is 1.16 bits per heavy atom. The summed E-state index contributed by atoms with van der Waals surface area (Å²) in [6, 6.07) is 11.8. The molecule has 4 rings (SSSR count). The average Bonchev–Trinajstić information content (AvgIpc) is 3.16. The highest BCUT2D eigenvalue weighted by molar-refractivity contribution is 7.16. The van der Waals surface area contributed by atoms with Gasteiger partial charge in [-0.2, -0.15) is 0 Å². The van der Waals surface area contributed by atoms with Crippen molar-refractivity contribution < 1.29 is 9.59 Å². The van der Waals surface area contributed by atoms with Gasteiger partial charge in [0.25, 0.3) is 0 Å². The number of carbonyl (C=O) groups excluding carboxylic acids is 2. The van der Waals surface area contributed by atoms with E-state index in [0.717, 1.165) is 40.5 Å². The Morgan fingerprint density at radius 3 is 2.60 bits per heavy atom. The van der Waals surface area contributed by atoms with Crippen LogP contribution in [0.25, 0.3) is 0 Å². The molecule has 2 heterocycles. The van der Waals surface area contributed by atoms with Crippen LogP contribution in [0.3, 0.4) is 0 Å². The number of carbonyl (C=O) groups is 2. The van der Waals surface area contributed by atoms with E-state index in [4.69, 9.17) is 11.6 Å². The minimum Gasteiger partial charge on any atom is -0.343 e. The van der Waals surface area contributed by atoms with Crippen LogP contribution in [0.5, 0.6) is 0 Å². The summed E-state index contributed by atoms with van der Waals surface area (Å²) in [5, 5.41) is 0. The molecule has 5 heteroatoms. The molecule has 2 aliphatic rings. The SMILES string of the molecule is O=C(CCc1ccc(Cl)s1)N1CCC2(CC1)Cc1ccccc1C2=O. The molecule has 1 aliphatic heterocycles. The van der Waals surface area contributed by atoms with Crippen molar-refractivity contribution in [1.82, 2.24) is 4.90 Å². The van der Waals surface area contributed by atoms with Crippen LogP contribution in [0.4, 0.5) is 0 Å². The highest BCUT2D eigenvalue weighted by Gasteiger charge is 2.47. The third-order valence-electron chi connectivity index (χ3n) is 5.56. The van der Waals surface area contributed by atoms with Crippen molar-refractivity contribution in [3.05, 3.63) is 56.7 Å². The van der Waals surface area contributed by atoms with E-state index in [2.05, 4.69) is 6.07 Å². The van der Waals surface area contributed by atoms with Crippen molar-refractivity contribution in [3.8, 4) is 0 Å². The van der Waals surface area contributed by atoms with Crippen LogP contribution >= 0.6 is 22.9 Å². The maximum atomic E-state index is 12.8. The van der Waals surface area contributed by atoms with Gasteiger partial charge in [-0.15, -0.1) is 11.3 Å². The highest BCUT2D eigenvalue weighted by atomic mass is 35.5. The predicted octanol–water partition coefficient (Wildman–Crippen LogP) is 4.38. The zero-order valence-electron chi connectivity index (χ0n) is 14.0. The van der Waals surface area contributed by atoms with Crippen molar-refractivity contribution in [3.63, 3.8) is 0 Å². The summed E-state index contributed by atoms with van der Waals surface area (Å²) in [6.07, 6.45) is 3.63. The van der Waals surface area contributed by atoms with Crippen molar-refractivity contribution >= 4 is 34.6 Å². The number of benzene rings is 1. The molecule has 1 aromatic heterocycles. The van der Waals surface area contributed by atoms with Crippen LogP contribution in [0.15, 0.2) is 36.4 Å². The van der Waals surface area contributed by atoms with E-state index < -0.39 is 0 Å². The fourth-order valence-corrected chi connectivity index (χ4v) is 5.18. The first-order valence-electron chi connectivity index (χ1n) is 8.72. The van der Waals surface area contributed by atoms with Crippen LogP contribution < -0.4 is 0 Å². The molecule has 3 nitrogen and oxygen atoms in total. The zero-order chi connectivity index (χ0) is 17.4. The fraction of sp³-hybridized carbons (Fsp3) is 0.400. The lowest BCUT2D eigenvalue weighted by atomic mass is 9.75. The lowest BCUT2D eigenvalue weighted by Crippen LogP contribution is -2.45. The number of hydrogen-bond acceptors (Lipinski definition) is 3. The molecule has 0 bridgehead atoms. The number of piperidine rings is 1. The van der Waals surface area contributed by atoms with E-state index in [0.29, 0.717) is 19.5 Å². The topological polar surface area (TPSA) is 37.4 Å². The molecule has 0 unspecified atom stereocenters. The third-order valence-corrected chi connectivity index (χ3v) is 6.85. The first kappa shape index (κ1) is 16.8. The van der Waals surface area contributed by atoms with Gasteiger partial charge < -0.3 is 4.90 Å². The number of halogens is 1. The molecule has 1 amide bonds. The number of hydrogen-bond donors (Lipinski definition) is 0. The number of ketones is 1. The minimum atomic E-state index is -0.276. The monoisotopic (exact) mass is 373 g/mol. The molecule has 1 fully saturated rings. The fourth-order valence-electron chi connectivity index (χ4n) is 4.09.